The topological polar surface area (TPSA) is 163 Å². The predicted molar refractivity (Wildman–Crippen MR) is 210 cm³/mol. The molecule has 0 radical (unpaired) electrons. The lowest BCUT2D eigenvalue weighted by atomic mass is 9.89. The lowest BCUT2D eigenvalue weighted by molar-refractivity contribution is -0.882. The number of carbonyl (C=O) groups excluding carboxylic acids is 2. The largest absolute Gasteiger partial charge is 0.756 e. The molecule has 2 atom stereocenters. The van der Waals surface area contributed by atoms with Gasteiger partial charge >= 0.3 is 0 Å². The van der Waals surface area contributed by atoms with Crippen LogP contribution in [0.1, 0.15) is 150 Å². The molecule has 0 saturated heterocycles. The zero-order valence-corrected chi connectivity index (χ0v) is 38.8. The molecule has 0 aromatic carbocycles. The molecule has 52 heavy (non-hydrogen) atoms. The normalized spacial score (nSPS) is 15.7. The van der Waals surface area contributed by atoms with Gasteiger partial charge in [-0.1, -0.05) is 83.1 Å². The number of likely N-dealkylation sites (N-methyl/N-ethyl adjacent to an activating group) is 1. The zero-order chi connectivity index (χ0) is 42.3. The van der Waals surface area contributed by atoms with Crippen LogP contribution in [0, 0.1) is 21.7 Å². The third-order valence-corrected chi connectivity index (χ3v) is 9.28. The van der Waals surface area contributed by atoms with E-state index in [2.05, 4.69) is 44.7 Å². The van der Waals surface area contributed by atoms with Gasteiger partial charge in [0.15, 0.2) is 5.78 Å². The van der Waals surface area contributed by atoms with E-state index in [-0.39, 0.29) is 48.4 Å². The average molecular weight is 788 g/mol. The minimum absolute atomic E-state index is 0.00522. The fraction of sp³-hybridized carbons (Fsp3) is 0.947. The van der Waals surface area contributed by atoms with Crippen LogP contribution in [0.4, 0.5) is 0 Å². The molecule has 1 N–H and O–H groups in total. The second-order valence-corrected chi connectivity index (χ2v) is 23.4. The van der Waals surface area contributed by atoms with Gasteiger partial charge in [0.25, 0.3) is 15.6 Å². The number of hydrogen-bond acceptors (Lipinski definition) is 11. The molecule has 0 aliphatic carbocycles. The molecule has 12 nitrogen and oxygen atoms in total. The van der Waals surface area contributed by atoms with E-state index < -0.39 is 26.7 Å². The number of Topliss-reactive ketones (excluding diaryl/α,β-unsaturated/α-hetero) is 2. The van der Waals surface area contributed by atoms with Crippen LogP contribution in [-0.2, 0) is 36.8 Å². The molecule has 0 aromatic rings. The summed E-state index contributed by atoms with van der Waals surface area (Å²) in [5.74, 6) is 0.310. The first-order chi connectivity index (χ1) is 22.6. The van der Waals surface area contributed by atoms with E-state index in [1.807, 2.05) is 62.3 Å². The zero-order valence-electron chi connectivity index (χ0n) is 37.0. The summed E-state index contributed by atoms with van der Waals surface area (Å²) in [7, 11) is -4.16. The molecule has 0 spiro atoms. The molecule has 314 valence electrons. The second kappa shape index (κ2) is 22.3. The summed E-state index contributed by atoms with van der Waals surface area (Å²) in [6, 6.07) is 0. The molecule has 0 bridgehead atoms. The minimum Gasteiger partial charge on any atom is -0.756 e. The van der Waals surface area contributed by atoms with Gasteiger partial charge in [-0.25, -0.2) is 0 Å². The molecule has 0 amide bonds. The van der Waals surface area contributed by atoms with Crippen molar-refractivity contribution in [1.82, 2.24) is 5.32 Å². The van der Waals surface area contributed by atoms with Crippen molar-refractivity contribution in [3.8, 4) is 0 Å². The number of phosphoric acid groups is 2. The van der Waals surface area contributed by atoms with Gasteiger partial charge in [-0.3, -0.25) is 18.7 Å². The van der Waals surface area contributed by atoms with Gasteiger partial charge in [0.05, 0.1) is 46.1 Å². The Balaban J connectivity index is -0.000000700. The first kappa shape index (κ1) is 55.8. The molecular weight excluding hydrogens is 706 g/mol. The van der Waals surface area contributed by atoms with E-state index in [0.29, 0.717) is 30.7 Å². The first-order valence-corrected chi connectivity index (χ1v) is 21.4. The number of nitrogens with zero attached hydrogens (tertiary/aromatic N) is 1. The van der Waals surface area contributed by atoms with Crippen molar-refractivity contribution in [2.45, 2.75) is 161 Å². The molecule has 0 saturated carbocycles. The van der Waals surface area contributed by atoms with Crippen molar-refractivity contribution in [1.29, 1.82) is 0 Å². The minimum atomic E-state index is -4.33. The Morgan fingerprint density at radius 1 is 0.615 bits per heavy atom. The van der Waals surface area contributed by atoms with Crippen molar-refractivity contribution in [2.24, 2.45) is 21.7 Å². The smallest absolute Gasteiger partial charge is 0.268 e. The first-order valence-electron chi connectivity index (χ1n) is 18.5. The summed E-state index contributed by atoms with van der Waals surface area (Å²) in [4.78, 5) is 46.4. The lowest BCUT2D eigenvalue weighted by Crippen LogP contribution is -2.47. The lowest BCUT2D eigenvalue weighted by Gasteiger charge is -2.32. The van der Waals surface area contributed by atoms with Gasteiger partial charge in [0.1, 0.15) is 12.3 Å². The fourth-order valence-corrected chi connectivity index (χ4v) is 5.56. The van der Waals surface area contributed by atoms with Crippen molar-refractivity contribution in [3.63, 3.8) is 0 Å². The van der Waals surface area contributed by atoms with Crippen LogP contribution in [0.25, 0.3) is 0 Å². The highest BCUT2D eigenvalue weighted by Crippen LogP contribution is 2.43. The standard InChI is InChI=1S/C15H32NO.C13H28NO5P.C10H23O4P/c1-14(2,3)10-9-11-16(7,8)12-13(17)15(4,5)6;1-12(2,3)11(15)7-9-18-20(16,17)19-10-8-14-13(4,5)6;1-9(2,3)7-8-13-15(11,12)14-10(4,5)6/h9-12H2,1-8H3;14H,7-10H2,1-6H3,(H,16,17);7-8H2,1-6H3,(H,11,12)/q+1;;/p-2. The van der Waals surface area contributed by atoms with E-state index in [0.717, 1.165) is 11.0 Å². The molecule has 14 heteroatoms. The summed E-state index contributed by atoms with van der Waals surface area (Å²) in [5.41, 5.74) is -1.09. The Labute approximate surface area is 319 Å². The summed E-state index contributed by atoms with van der Waals surface area (Å²) in [6.07, 6.45) is 3.14. The summed E-state index contributed by atoms with van der Waals surface area (Å²) < 4.78 is 42.5. The van der Waals surface area contributed by atoms with Crippen LogP contribution in [0.2, 0.25) is 0 Å². The number of quaternary nitrogens is 1. The predicted octanol–water partition coefficient (Wildman–Crippen LogP) is 8.11. The molecule has 0 heterocycles. The maximum absolute atomic E-state index is 12.0. The van der Waals surface area contributed by atoms with Crippen LogP contribution in [0.3, 0.4) is 0 Å². The number of carbonyl (C=O) groups is 2. The van der Waals surface area contributed by atoms with Gasteiger partial charge in [-0.2, -0.15) is 0 Å². The Bertz CT molecular complexity index is 1130. The summed E-state index contributed by atoms with van der Waals surface area (Å²) in [5, 5.41) is 3.09. The number of ketones is 2. The van der Waals surface area contributed by atoms with E-state index in [1.165, 1.54) is 12.8 Å². The van der Waals surface area contributed by atoms with Gasteiger partial charge in [-0.15, -0.1) is 0 Å². The molecule has 2 unspecified atom stereocenters. The quantitative estimate of drug-likeness (QED) is 0.0861. The Morgan fingerprint density at radius 3 is 1.42 bits per heavy atom. The highest BCUT2D eigenvalue weighted by atomic mass is 31.2. The molecule has 0 rings (SSSR count). The third-order valence-electron chi connectivity index (χ3n) is 7.01. The highest BCUT2D eigenvalue weighted by Gasteiger charge is 2.29. The van der Waals surface area contributed by atoms with Gasteiger partial charge in [-0.05, 0) is 71.6 Å². The highest BCUT2D eigenvalue weighted by molar-refractivity contribution is 7.46. The van der Waals surface area contributed by atoms with Crippen LogP contribution in [0.5, 0.6) is 0 Å². The van der Waals surface area contributed by atoms with Crippen molar-refractivity contribution >= 4 is 27.2 Å². The van der Waals surface area contributed by atoms with E-state index in [1.54, 1.807) is 41.5 Å². The maximum atomic E-state index is 12.0. The van der Waals surface area contributed by atoms with E-state index in [9.17, 15) is 28.5 Å². The van der Waals surface area contributed by atoms with Gasteiger partial charge < -0.3 is 37.7 Å². The maximum Gasteiger partial charge on any atom is 0.268 e. The van der Waals surface area contributed by atoms with E-state index >= 15 is 0 Å². The van der Waals surface area contributed by atoms with Crippen molar-refractivity contribution < 1.29 is 51.1 Å². The Hall–Kier alpha value is -0.520. The second-order valence-electron chi connectivity index (χ2n) is 20.7. The monoisotopic (exact) mass is 788 g/mol. The van der Waals surface area contributed by atoms with E-state index in [4.69, 9.17) is 13.6 Å². The Morgan fingerprint density at radius 2 is 1.04 bits per heavy atom. The van der Waals surface area contributed by atoms with Crippen molar-refractivity contribution in [3.05, 3.63) is 0 Å². The van der Waals surface area contributed by atoms with Crippen molar-refractivity contribution in [2.75, 3.05) is 53.6 Å². The van der Waals surface area contributed by atoms with Crippen LogP contribution in [-0.4, -0.2) is 80.7 Å². The van der Waals surface area contributed by atoms with Crippen LogP contribution in [0.15, 0.2) is 0 Å². The Kier molecular flexibility index (Phi) is 23.9. The molecule has 0 aliphatic rings. The molecular formula is C38H81N2O10P2-. The third kappa shape index (κ3) is 39.2. The number of phosphoric ester groups is 2. The molecule has 0 aliphatic heterocycles. The van der Waals surface area contributed by atoms with Gasteiger partial charge in [0.2, 0.25) is 0 Å². The number of rotatable bonds is 17. The molecule has 0 fully saturated rings. The molecule has 0 aromatic heterocycles. The number of nitrogens with one attached hydrogen (secondary N) is 1. The average Bonchev–Trinajstić information content (AvgIpc) is 2.82. The SMILES string of the molecule is CC(C)(C)CCC[N+](C)(C)CC(=O)C(C)(C)C.CC(C)(C)CCOP(=O)([O-])OC(C)(C)C.CC(C)(C)NCCOP(=O)([O-])OCCC(=O)C(C)(C)C. The van der Waals surface area contributed by atoms with Crippen LogP contribution < -0.4 is 15.1 Å². The summed E-state index contributed by atoms with van der Waals surface area (Å²) >= 11 is 0. The fourth-order valence-electron chi connectivity index (χ4n) is 3.81. The summed E-state index contributed by atoms with van der Waals surface area (Å²) in [6.45, 7) is 37.3. The van der Waals surface area contributed by atoms with Crippen LogP contribution >= 0.6 is 15.6 Å². The number of hydrogen-bond donors (Lipinski definition) is 1. The van der Waals surface area contributed by atoms with Gasteiger partial charge in [0, 0.05) is 29.3 Å².